The van der Waals surface area contributed by atoms with Crippen LogP contribution in [-0.2, 0) is 14.4 Å². The number of aliphatic carboxylic acids is 1. The van der Waals surface area contributed by atoms with Crippen molar-refractivity contribution < 1.29 is 24.2 Å². The fourth-order valence-corrected chi connectivity index (χ4v) is 2.67. The second-order valence-corrected chi connectivity index (χ2v) is 6.52. The number of para-hydroxylation sites is 1. The SMILES string of the molecule is CCOc1ccccc1C(CC(=O)NC(CC(C)C)C(=O)O)NC(C)=O. The molecule has 1 aromatic rings. The lowest BCUT2D eigenvalue weighted by atomic mass is 10.0. The fourth-order valence-electron chi connectivity index (χ4n) is 2.67. The Kier molecular flexibility index (Phi) is 8.61. The van der Waals surface area contributed by atoms with Gasteiger partial charge in [-0.25, -0.2) is 4.79 Å². The highest BCUT2D eigenvalue weighted by molar-refractivity contribution is 5.84. The van der Waals surface area contributed by atoms with Crippen molar-refractivity contribution in [2.24, 2.45) is 5.92 Å². The van der Waals surface area contributed by atoms with Gasteiger partial charge in [0.1, 0.15) is 11.8 Å². The number of nitrogens with one attached hydrogen (secondary N) is 2. The van der Waals surface area contributed by atoms with Crippen molar-refractivity contribution in [3.63, 3.8) is 0 Å². The van der Waals surface area contributed by atoms with Gasteiger partial charge in [-0.1, -0.05) is 32.0 Å². The van der Waals surface area contributed by atoms with E-state index in [1.54, 1.807) is 18.2 Å². The normalized spacial score (nSPS) is 13.0. The van der Waals surface area contributed by atoms with E-state index in [4.69, 9.17) is 4.74 Å². The van der Waals surface area contributed by atoms with Crippen molar-refractivity contribution in [2.75, 3.05) is 6.61 Å². The summed E-state index contributed by atoms with van der Waals surface area (Å²) in [5.41, 5.74) is 0.676. The summed E-state index contributed by atoms with van der Waals surface area (Å²) in [6.07, 6.45) is 0.257. The first-order valence-corrected chi connectivity index (χ1v) is 8.75. The van der Waals surface area contributed by atoms with Crippen LogP contribution in [0.2, 0.25) is 0 Å². The number of carbonyl (C=O) groups excluding carboxylic acids is 2. The third kappa shape index (κ3) is 7.13. The minimum atomic E-state index is -1.07. The molecule has 0 aliphatic heterocycles. The monoisotopic (exact) mass is 364 g/mol. The lowest BCUT2D eigenvalue weighted by Crippen LogP contribution is -2.43. The van der Waals surface area contributed by atoms with Crippen LogP contribution < -0.4 is 15.4 Å². The molecule has 26 heavy (non-hydrogen) atoms. The summed E-state index contributed by atoms with van der Waals surface area (Å²) in [4.78, 5) is 35.3. The Morgan fingerprint density at radius 2 is 1.81 bits per heavy atom. The van der Waals surface area contributed by atoms with Crippen LogP contribution in [0.3, 0.4) is 0 Å². The number of ether oxygens (including phenoxy) is 1. The van der Waals surface area contributed by atoms with Gasteiger partial charge in [0.15, 0.2) is 0 Å². The average Bonchev–Trinajstić information content (AvgIpc) is 2.53. The number of hydrogen-bond donors (Lipinski definition) is 3. The van der Waals surface area contributed by atoms with Crippen molar-refractivity contribution in [1.29, 1.82) is 0 Å². The molecule has 2 atom stereocenters. The Morgan fingerprint density at radius 1 is 1.15 bits per heavy atom. The molecule has 0 spiro atoms. The van der Waals surface area contributed by atoms with E-state index in [-0.39, 0.29) is 18.2 Å². The van der Waals surface area contributed by atoms with Gasteiger partial charge < -0.3 is 20.5 Å². The standard InChI is InChI=1S/C19H28N2O5/c1-5-26-17-9-7-6-8-14(17)15(20-13(4)22)11-18(23)21-16(19(24)25)10-12(2)3/h6-9,12,15-16H,5,10-11H2,1-4H3,(H,20,22)(H,21,23)(H,24,25). The molecular formula is C19H28N2O5. The van der Waals surface area contributed by atoms with Crippen molar-refractivity contribution in [3.05, 3.63) is 29.8 Å². The summed E-state index contributed by atoms with van der Waals surface area (Å²) < 4.78 is 5.58. The molecule has 0 aliphatic rings. The van der Waals surface area contributed by atoms with Gasteiger partial charge in [-0.05, 0) is 25.3 Å². The van der Waals surface area contributed by atoms with Gasteiger partial charge in [-0.3, -0.25) is 9.59 Å². The van der Waals surface area contributed by atoms with Gasteiger partial charge in [0.2, 0.25) is 11.8 Å². The Hall–Kier alpha value is -2.57. The minimum absolute atomic E-state index is 0.0778. The van der Waals surface area contributed by atoms with Crippen LogP contribution in [0.15, 0.2) is 24.3 Å². The lowest BCUT2D eigenvalue weighted by Gasteiger charge is -2.22. The predicted molar refractivity (Wildman–Crippen MR) is 97.8 cm³/mol. The molecule has 144 valence electrons. The summed E-state index contributed by atoms with van der Waals surface area (Å²) in [5.74, 6) is -1.09. The number of rotatable bonds is 10. The molecule has 1 rings (SSSR count). The van der Waals surface area contributed by atoms with Gasteiger partial charge >= 0.3 is 5.97 Å². The molecule has 0 aromatic heterocycles. The molecule has 0 heterocycles. The number of carboxylic acid groups (broad SMARTS) is 1. The maximum Gasteiger partial charge on any atom is 0.326 e. The molecule has 0 saturated heterocycles. The van der Waals surface area contributed by atoms with E-state index in [1.807, 2.05) is 26.8 Å². The maximum atomic E-state index is 12.4. The smallest absolute Gasteiger partial charge is 0.326 e. The molecule has 0 fully saturated rings. The average molecular weight is 364 g/mol. The van der Waals surface area contributed by atoms with Gasteiger partial charge in [-0.15, -0.1) is 0 Å². The van der Waals surface area contributed by atoms with Crippen molar-refractivity contribution in [2.45, 2.75) is 52.6 Å². The van der Waals surface area contributed by atoms with Crippen LogP contribution in [0.4, 0.5) is 0 Å². The largest absolute Gasteiger partial charge is 0.494 e. The number of carboxylic acids is 1. The van der Waals surface area contributed by atoms with Gasteiger partial charge in [0.25, 0.3) is 0 Å². The first kappa shape index (κ1) is 21.5. The Morgan fingerprint density at radius 3 is 2.35 bits per heavy atom. The predicted octanol–water partition coefficient (Wildman–Crippen LogP) is 2.27. The van der Waals surface area contributed by atoms with E-state index in [2.05, 4.69) is 10.6 Å². The molecule has 0 aliphatic carbocycles. The third-order valence-electron chi connectivity index (χ3n) is 3.70. The quantitative estimate of drug-likeness (QED) is 0.591. The van der Waals surface area contributed by atoms with Gasteiger partial charge in [-0.2, -0.15) is 0 Å². The van der Waals surface area contributed by atoms with Crippen LogP contribution in [0.1, 0.15) is 52.1 Å². The molecule has 2 unspecified atom stereocenters. The molecule has 0 radical (unpaired) electrons. The summed E-state index contributed by atoms with van der Waals surface area (Å²) >= 11 is 0. The van der Waals surface area contributed by atoms with Crippen molar-refractivity contribution in [3.8, 4) is 5.75 Å². The van der Waals surface area contributed by atoms with Gasteiger partial charge in [0.05, 0.1) is 19.1 Å². The summed E-state index contributed by atoms with van der Waals surface area (Å²) in [6.45, 7) is 7.44. The molecule has 7 nitrogen and oxygen atoms in total. The van der Waals surface area contributed by atoms with E-state index in [0.717, 1.165) is 0 Å². The van der Waals surface area contributed by atoms with Crippen LogP contribution in [0.25, 0.3) is 0 Å². The first-order valence-electron chi connectivity index (χ1n) is 8.75. The second kappa shape index (κ2) is 10.4. The van der Waals surface area contributed by atoms with Crippen LogP contribution in [0.5, 0.6) is 5.75 Å². The van der Waals surface area contributed by atoms with Crippen LogP contribution in [0, 0.1) is 5.92 Å². The molecular weight excluding hydrogens is 336 g/mol. The number of carbonyl (C=O) groups is 3. The topological polar surface area (TPSA) is 105 Å². The van der Waals surface area contributed by atoms with E-state index in [9.17, 15) is 19.5 Å². The van der Waals surface area contributed by atoms with E-state index >= 15 is 0 Å². The zero-order valence-electron chi connectivity index (χ0n) is 15.7. The van der Waals surface area contributed by atoms with E-state index in [0.29, 0.717) is 24.3 Å². The zero-order valence-corrected chi connectivity index (χ0v) is 15.7. The zero-order chi connectivity index (χ0) is 19.7. The fraction of sp³-hybridized carbons (Fsp3) is 0.526. The van der Waals surface area contributed by atoms with Gasteiger partial charge in [0, 0.05) is 12.5 Å². The molecule has 0 saturated carbocycles. The summed E-state index contributed by atoms with van der Waals surface area (Å²) in [5, 5.41) is 14.6. The lowest BCUT2D eigenvalue weighted by molar-refractivity contribution is -0.142. The number of amides is 2. The highest BCUT2D eigenvalue weighted by Gasteiger charge is 2.25. The van der Waals surface area contributed by atoms with E-state index < -0.39 is 24.0 Å². The van der Waals surface area contributed by atoms with Crippen LogP contribution >= 0.6 is 0 Å². The molecule has 0 bridgehead atoms. The van der Waals surface area contributed by atoms with Crippen molar-refractivity contribution in [1.82, 2.24) is 10.6 Å². The van der Waals surface area contributed by atoms with Crippen molar-refractivity contribution >= 4 is 17.8 Å². The summed E-state index contributed by atoms with van der Waals surface area (Å²) in [6, 6.07) is 5.59. The third-order valence-corrected chi connectivity index (χ3v) is 3.70. The molecule has 1 aromatic carbocycles. The highest BCUT2D eigenvalue weighted by atomic mass is 16.5. The second-order valence-electron chi connectivity index (χ2n) is 6.52. The number of benzene rings is 1. The number of hydrogen-bond acceptors (Lipinski definition) is 4. The highest BCUT2D eigenvalue weighted by Crippen LogP contribution is 2.27. The molecule has 3 N–H and O–H groups in total. The molecule has 7 heteroatoms. The Bertz CT molecular complexity index is 630. The van der Waals surface area contributed by atoms with Crippen LogP contribution in [-0.4, -0.2) is 35.5 Å². The Balaban J connectivity index is 2.95. The minimum Gasteiger partial charge on any atom is -0.494 e. The summed E-state index contributed by atoms with van der Waals surface area (Å²) in [7, 11) is 0. The van der Waals surface area contributed by atoms with E-state index in [1.165, 1.54) is 6.92 Å². The first-order chi connectivity index (χ1) is 12.2. The molecule has 2 amide bonds. The maximum absolute atomic E-state index is 12.4. The Labute approximate surface area is 154 Å².